The van der Waals surface area contributed by atoms with Crippen LogP contribution in [0.3, 0.4) is 0 Å². The van der Waals surface area contributed by atoms with E-state index in [4.69, 9.17) is 9.15 Å². The highest BCUT2D eigenvalue weighted by Gasteiger charge is 2.23. The Labute approximate surface area is 97.4 Å². The molecule has 0 fully saturated rings. The molecule has 1 N–H and O–H groups in total. The van der Waals surface area contributed by atoms with Crippen LogP contribution in [0.15, 0.2) is 22.8 Å². The molecule has 2 heterocycles. The molecule has 0 unspecified atom stereocenters. The number of carbonyl (C=O) groups excluding carboxylic acids is 1. The normalized spacial score (nSPS) is 10.5. The van der Waals surface area contributed by atoms with E-state index in [2.05, 4.69) is 4.98 Å². The summed E-state index contributed by atoms with van der Waals surface area (Å²) in [4.78, 5) is 15.5. The van der Waals surface area contributed by atoms with Gasteiger partial charge in [0.05, 0.1) is 18.6 Å². The monoisotopic (exact) mass is 236 g/mol. The van der Waals surface area contributed by atoms with Crippen molar-refractivity contribution in [2.75, 3.05) is 6.61 Å². The summed E-state index contributed by atoms with van der Waals surface area (Å²) < 4.78 is 10.6. The molecule has 0 bridgehead atoms. The van der Waals surface area contributed by atoms with Crippen molar-refractivity contribution >= 4 is 5.97 Å². The maximum atomic E-state index is 11.5. The number of hydrogen-bond donors (Lipinski definition) is 1. The predicted octanol–water partition coefficient (Wildman–Crippen LogP) is 1.87. The summed E-state index contributed by atoms with van der Waals surface area (Å²) in [6.07, 6.45) is 1.48. The van der Waals surface area contributed by atoms with Gasteiger partial charge in [-0.15, -0.1) is 0 Å². The molecule has 2 rings (SSSR count). The van der Waals surface area contributed by atoms with Crippen LogP contribution in [0.5, 0.6) is 0 Å². The van der Waals surface area contributed by atoms with Crippen LogP contribution >= 0.6 is 0 Å². The molecule has 0 radical (unpaired) electrons. The Morgan fingerprint density at radius 3 is 3.00 bits per heavy atom. The number of hydrogen-bond acceptors (Lipinski definition) is 5. The van der Waals surface area contributed by atoms with Crippen LogP contribution in [0.25, 0.3) is 11.5 Å². The first-order chi connectivity index (χ1) is 8.15. The second-order valence-electron chi connectivity index (χ2n) is 3.38. The van der Waals surface area contributed by atoms with Crippen molar-refractivity contribution in [3.8, 4) is 11.5 Å². The fourth-order valence-corrected chi connectivity index (χ4v) is 1.54. The SMILES string of the molecule is CCOC(=O)c1nc(C)c(-c2ccco2)n1O. The van der Waals surface area contributed by atoms with Gasteiger partial charge in [0.15, 0.2) is 5.76 Å². The average molecular weight is 236 g/mol. The largest absolute Gasteiger partial charge is 0.463 e. The van der Waals surface area contributed by atoms with E-state index in [0.717, 1.165) is 0 Å². The van der Waals surface area contributed by atoms with Crippen LogP contribution < -0.4 is 0 Å². The third kappa shape index (κ3) is 1.89. The molecule has 6 heteroatoms. The van der Waals surface area contributed by atoms with Gasteiger partial charge in [0, 0.05) is 0 Å². The van der Waals surface area contributed by atoms with Gasteiger partial charge in [-0.25, -0.2) is 9.78 Å². The van der Waals surface area contributed by atoms with E-state index in [1.54, 1.807) is 26.0 Å². The Balaban J connectivity index is 2.46. The number of furan rings is 1. The second-order valence-corrected chi connectivity index (χ2v) is 3.38. The van der Waals surface area contributed by atoms with Crippen LogP contribution in [0, 0.1) is 6.92 Å². The minimum absolute atomic E-state index is 0.157. The third-order valence-corrected chi connectivity index (χ3v) is 2.24. The Kier molecular flexibility index (Phi) is 2.86. The Hall–Kier alpha value is -2.24. The summed E-state index contributed by atoms with van der Waals surface area (Å²) >= 11 is 0. The van der Waals surface area contributed by atoms with E-state index in [9.17, 15) is 10.0 Å². The lowest BCUT2D eigenvalue weighted by molar-refractivity contribution is 0.0467. The number of aromatic nitrogens is 2. The van der Waals surface area contributed by atoms with Gasteiger partial charge in [0.1, 0.15) is 5.69 Å². The van der Waals surface area contributed by atoms with Crippen molar-refractivity contribution in [1.82, 2.24) is 9.71 Å². The molecule has 0 saturated heterocycles. The molecule has 90 valence electrons. The lowest BCUT2D eigenvalue weighted by atomic mass is 10.3. The number of esters is 1. The van der Waals surface area contributed by atoms with Gasteiger partial charge in [0.25, 0.3) is 5.82 Å². The fourth-order valence-electron chi connectivity index (χ4n) is 1.54. The van der Waals surface area contributed by atoms with Crippen LogP contribution in [0.1, 0.15) is 23.2 Å². The number of carbonyl (C=O) groups is 1. The molecule has 2 aromatic rings. The Morgan fingerprint density at radius 2 is 2.41 bits per heavy atom. The number of imidazole rings is 1. The molecule has 0 aliphatic rings. The first kappa shape index (κ1) is 11.3. The maximum absolute atomic E-state index is 11.5. The first-order valence-corrected chi connectivity index (χ1v) is 5.14. The van der Waals surface area contributed by atoms with Crippen molar-refractivity contribution in [2.24, 2.45) is 0 Å². The van der Waals surface area contributed by atoms with Crippen LogP contribution in [0.4, 0.5) is 0 Å². The molecule has 0 spiro atoms. The van der Waals surface area contributed by atoms with E-state index >= 15 is 0 Å². The minimum Gasteiger partial charge on any atom is -0.463 e. The molecular formula is C11H12N2O4. The zero-order valence-electron chi connectivity index (χ0n) is 9.51. The van der Waals surface area contributed by atoms with Gasteiger partial charge in [-0.2, -0.15) is 4.73 Å². The van der Waals surface area contributed by atoms with Crippen molar-refractivity contribution in [2.45, 2.75) is 13.8 Å². The maximum Gasteiger partial charge on any atom is 0.377 e. The Bertz CT molecular complexity index is 528. The summed E-state index contributed by atoms with van der Waals surface area (Å²) in [6.45, 7) is 3.58. The number of nitrogens with zero attached hydrogens (tertiary/aromatic N) is 2. The highest BCUT2D eigenvalue weighted by Crippen LogP contribution is 2.24. The predicted molar refractivity (Wildman–Crippen MR) is 57.8 cm³/mol. The third-order valence-electron chi connectivity index (χ3n) is 2.24. The zero-order chi connectivity index (χ0) is 12.4. The van der Waals surface area contributed by atoms with Crippen molar-refractivity contribution in [3.63, 3.8) is 0 Å². The van der Waals surface area contributed by atoms with E-state index < -0.39 is 5.97 Å². The Morgan fingerprint density at radius 1 is 1.65 bits per heavy atom. The van der Waals surface area contributed by atoms with Crippen LogP contribution in [-0.4, -0.2) is 27.5 Å². The number of rotatable bonds is 3. The number of aryl methyl sites for hydroxylation is 1. The van der Waals surface area contributed by atoms with E-state index in [1.165, 1.54) is 6.26 Å². The lowest BCUT2D eigenvalue weighted by Crippen LogP contribution is -2.12. The first-order valence-electron chi connectivity index (χ1n) is 5.14. The standard InChI is InChI=1S/C11H12N2O4/c1-3-16-11(14)10-12-7(2)9(13(10)15)8-5-4-6-17-8/h4-6,15H,3H2,1-2H3. The molecule has 0 amide bonds. The van der Waals surface area contributed by atoms with Crippen molar-refractivity contribution in [1.29, 1.82) is 0 Å². The molecule has 0 aliphatic heterocycles. The van der Waals surface area contributed by atoms with Crippen molar-refractivity contribution in [3.05, 3.63) is 29.9 Å². The summed E-state index contributed by atoms with van der Waals surface area (Å²) in [7, 11) is 0. The number of ether oxygens (including phenoxy) is 1. The van der Waals surface area contributed by atoms with Gasteiger partial charge in [-0.05, 0) is 26.0 Å². The zero-order valence-corrected chi connectivity index (χ0v) is 9.51. The quantitative estimate of drug-likeness (QED) is 0.650. The topological polar surface area (TPSA) is 77.5 Å². The summed E-state index contributed by atoms with van der Waals surface area (Å²) in [5.74, 6) is -0.389. The van der Waals surface area contributed by atoms with E-state index in [0.29, 0.717) is 21.9 Å². The van der Waals surface area contributed by atoms with Crippen LogP contribution in [-0.2, 0) is 4.74 Å². The van der Waals surface area contributed by atoms with Gasteiger partial charge in [-0.1, -0.05) is 0 Å². The van der Waals surface area contributed by atoms with Gasteiger partial charge < -0.3 is 14.4 Å². The minimum atomic E-state index is -0.670. The van der Waals surface area contributed by atoms with Gasteiger partial charge in [0.2, 0.25) is 0 Å². The fraction of sp³-hybridized carbons (Fsp3) is 0.273. The highest BCUT2D eigenvalue weighted by atomic mass is 16.5. The van der Waals surface area contributed by atoms with Gasteiger partial charge in [-0.3, -0.25) is 0 Å². The second kappa shape index (κ2) is 4.32. The van der Waals surface area contributed by atoms with Crippen LogP contribution in [0.2, 0.25) is 0 Å². The molecule has 0 aliphatic carbocycles. The summed E-state index contributed by atoms with van der Waals surface area (Å²) in [5, 5.41) is 9.87. The average Bonchev–Trinajstić information content (AvgIpc) is 2.87. The molecule has 0 atom stereocenters. The van der Waals surface area contributed by atoms with E-state index in [-0.39, 0.29) is 12.4 Å². The molecule has 0 saturated carbocycles. The summed E-state index contributed by atoms with van der Waals surface area (Å²) in [5.41, 5.74) is 0.837. The highest BCUT2D eigenvalue weighted by molar-refractivity contribution is 5.86. The molecular weight excluding hydrogens is 224 g/mol. The molecule has 2 aromatic heterocycles. The molecule has 17 heavy (non-hydrogen) atoms. The summed E-state index contributed by atoms with van der Waals surface area (Å²) in [6, 6.07) is 3.36. The van der Waals surface area contributed by atoms with Gasteiger partial charge >= 0.3 is 5.97 Å². The van der Waals surface area contributed by atoms with Crippen molar-refractivity contribution < 1.29 is 19.2 Å². The molecule has 0 aromatic carbocycles. The smallest absolute Gasteiger partial charge is 0.377 e. The molecule has 6 nitrogen and oxygen atoms in total. The lowest BCUT2D eigenvalue weighted by Gasteiger charge is -2.02. The van der Waals surface area contributed by atoms with E-state index in [1.807, 2.05) is 0 Å².